The molecule has 16 heavy (non-hydrogen) atoms. The molecule has 0 aliphatic heterocycles. The molecule has 1 aliphatic carbocycles. The first kappa shape index (κ1) is 9.09. The highest BCUT2D eigenvalue weighted by molar-refractivity contribution is 6.12. The highest BCUT2D eigenvalue weighted by Gasteiger charge is 2.25. The fraction of sp³-hybridized carbons (Fsp3) is 0.0769. The monoisotopic (exact) mass is 212 g/mol. The van der Waals surface area contributed by atoms with E-state index in [-0.39, 0.29) is 5.78 Å². The second-order valence-corrected chi connectivity index (χ2v) is 3.76. The van der Waals surface area contributed by atoms with Crippen LogP contribution in [0.15, 0.2) is 45.8 Å². The number of carbonyl (C=O) groups excluding carboxylic acids is 1. The van der Waals surface area contributed by atoms with Crippen LogP contribution in [0.2, 0.25) is 0 Å². The van der Waals surface area contributed by atoms with Gasteiger partial charge in [-0.2, -0.15) is 0 Å². The van der Waals surface area contributed by atoms with Crippen molar-refractivity contribution in [1.82, 2.24) is 0 Å². The van der Waals surface area contributed by atoms with Crippen LogP contribution in [0.25, 0.3) is 0 Å². The molecule has 3 nitrogen and oxygen atoms in total. The fourth-order valence-corrected chi connectivity index (χ4v) is 2.06. The van der Waals surface area contributed by atoms with Crippen molar-refractivity contribution in [3.8, 4) is 0 Å². The Morgan fingerprint density at radius 2 is 1.81 bits per heavy atom. The maximum Gasteiger partial charge on any atom is 0.339 e. The largest absolute Gasteiger partial charge is 0.431 e. The number of hydrogen-bond donors (Lipinski definition) is 0. The summed E-state index contributed by atoms with van der Waals surface area (Å²) in [7, 11) is 0. The van der Waals surface area contributed by atoms with Gasteiger partial charge in [-0.3, -0.25) is 4.79 Å². The van der Waals surface area contributed by atoms with Gasteiger partial charge < -0.3 is 4.42 Å². The molecule has 0 fully saturated rings. The molecule has 0 unspecified atom stereocenters. The zero-order valence-electron chi connectivity index (χ0n) is 8.40. The van der Waals surface area contributed by atoms with E-state index in [4.69, 9.17) is 4.42 Å². The van der Waals surface area contributed by atoms with Crippen molar-refractivity contribution in [1.29, 1.82) is 0 Å². The summed E-state index contributed by atoms with van der Waals surface area (Å²) in [4.78, 5) is 23.6. The molecule has 78 valence electrons. The molecule has 0 saturated carbocycles. The average molecular weight is 212 g/mol. The van der Waals surface area contributed by atoms with Gasteiger partial charge in [0.05, 0.1) is 11.8 Å². The lowest BCUT2D eigenvalue weighted by molar-refractivity contribution is 0.103. The maximum atomic E-state index is 12.1. The molecule has 3 rings (SSSR count). The molecule has 0 bridgehead atoms. The number of benzene rings is 1. The molecular formula is C13H8O3. The summed E-state index contributed by atoms with van der Waals surface area (Å²) in [5, 5.41) is 0. The van der Waals surface area contributed by atoms with Gasteiger partial charge in [-0.1, -0.05) is 24.3 Å². The van der Waals surface area contributed by atoms with Gasteiger partial charge in [0.2, 0.25) is 0 Å². The normalized spacial score (nSPS) is 13.1. The highest BCUT2D eigenvalue weighted by Crippen LogP contribution is 2.24. The molecule has 3 heteroatoms. The molecule has 1 heterocycles. The zero-order chi connectivity index (χ0) is 11.1. The molecule has 0 amide bonds. The lowest BCUT2D eigenvalue weighted by Crippen LogP contribution is -2.21. The van der Waals surface area contributed by atoms with Gasteiger partial charge in [-0.25, -0.2) is 4.79 Å². The smallest absolute Gasteiger partial charge is 0.339 e. The zero-order valence-corrected chi connectivity index (χ0v) is 8.40. The van der Waals surface area contributed by atoms with Crippen molar-refractivity contribution in [2.45, 2.75) is 6.42 Å². The van der Waals surface area contributed by atoms with Crippen molar-refractivity contribution >= 4 is 5.78 Å². The quantitative estimate of drug-likeness (QED) is 0.570. The van der Waals surface area contributed by atoms with Crippen molar-refractivity contribution in [3.63, 3.8) is 0 Å². The minimum absolute atomic E-state index is 0.0928. The van der Waals surface area contributed by atoms with Gasteiger partial charge in [0.1, 0.15) is 0 Å². The van der Waals surface area contributed by atoms with Crippen LogP contribution < -0.4 is 5.63 Å². The molecule has 1 aliphatic rings. The Hall–Kier alpha value is -2.16. The molecule has 0 atom stereocenters. The third kappa shape index (κ3) is 1.15. The Bertz CT molecular complexity index is 638. The van der Waals surface area contributed by atoms with E-state index in [1.807, 2.05) is 18.2 Å². The van der Waals surface area contributed by atoms with E-state index in [1.165, 1.54) is 6.26 Å². The lowest BCUT2D eigenvalue weighted by atomic mass is 9.86. The maximum absolute atomic E-state index is 12.1. The van der Waals surface area contributed by atoms with Crippen LogP contribution in [0, 0.1) is 0 Å². The minimum atomic E-state index is -0.416. The second kappa shape index (κ2) is 3.17. The summed E-state index contributed by atoms with van der Waals surface area (Å²) in [6, 6.07) is 8.90. The molecule has 0 N–H and O–H groups in total. The van der Waals surface area contributed by atoms with E-state index < -0.39 is 5.63 Å². The van der Waals surface area contributed by atoms with Gasteiger partial charge in [0.15, 0.2) is 5.78 Å². The van der Waals surface area contributed by atoms with E-state index in [2.05, 4.69) is 0 Å². The van der Waals surface area contributed by atoms with Crippen molar-refractivity contribution in [2.24, 2.45) is 0 Å². The number of ketones is 1. The topological polar surface area (TPSA) is 47.3 Å². The van der Waals surface area contributed by atoms with Crippen LogP contribution in [0.3, 0.4) is 0 Å². The third-order valence-electron chi connectivity index (χ3n) is 2.86. The summed E-state index contributed by atoms with van der Waals surface area (Å²) < 4.78 is 4.78. The van der Waals surface area contributed by atoms with E-state index in [1.54, 1.807) is 12.1 Å². The van der Waals surface area contributed by atoms with E-state index in [9.17, 15) is 9.59 Å². The number of fused-ring (bicyclic) bond motifs is 2. The minimum Gasteiger partial charge on any atom is -0.431 e. The Morgan fingerprint density at radius 3 is 2.69 bits per heavy atom. The van der Waals surface area contributed by atoms with Crippen molar-refractivity contribution < 1.29 is 9.21 Å². The van der Waals surface area contributed by atoms with Gasteiger partial charge in [-0.05, 0) is 11.6 Å². The van der Waals surface area contributed by atoms with E-state index in [0.29, 0.717) is 23.1 Å². The van der Waals surface area contributed by atoms with Gasteiger partial charge in [0.25, 0.3) is 0 Å². The molecule has 1 aromatic carbocycles. The molecule has 1 aromatic heterocycles. The van der Waals surface area contributed by atoms with Crippen LogP contribution in [-0.4, -0.2) is 5.78 Å². The van der Waals surface area contributed by atoms with Crippen molar-refractivity contribution in [3.05, 3.63) is 69.3 Å². The first-order valence-electron chi connectivity index (χ1n) is 5.00. The van der Waals surface area contributed by atoms with E-state index in [0.717, 1.165) is 5.56 Å². The summed E-state index contributed by atoms with van der Waals surface area (Å²) in [5.41, 5.74) is 2.08. The Kier molecular flexibility index (Phi) is 1.80. The van der Waals surface area contributed by atoms with Crippen LogP contribution in [0.5, 0.6) is 0 Å². The molecule has 0 radical (unpaired) electrons. The SMILES string of the molecule is O=C1c2ccccc2Cc2c1ccoc2=O. The summed E-state index contributed by atoms with van der Waals surface area (Å²) >= 11 is 0. The standard InChI is InChI=1S/C13H8O3/c14-12-9-4-2-1-3-8(9)7-11-10(12)5-6-16-13(11)15/h1-6H,7H2. The van der Waals surface area contributed by atoms with Gasteiger partial charge >= 0.3 is 5.63 Å². The Labute approximate surface area is 91.3 Å². The summed E-state index contributed by atoms with van der Waals surface area (Å²) in [6.45, 7) is 0. The number of hydrogen-bond acceptors (Lipinski definition) is 3. The van der Waals surface area contributed by atoms with Crippen LogP contribution >= 0.6 is 0 Å². The number of carbonyl (C=O) groups is 1. The van der Waals surface area contributed by atoms with Crippen LogP contribution in [-0.2, 0) is 6.42 Å². The first-order valence-corrected chi connectivity index (χ1v) is 5.00. The fourth-order valence-electron chi connectivity index (χ4n) is 2.06. The lowest BCUT2D eigenvalue weighted by Gasteiger charge is -2.16. The average Bonchev–Trinajstić information content (AvgIpc) is 2.31. The molecule has 0 spiro atoms. The predicted molar refractivity (Wildman–Crippen MR) is 57.7 cm³/mol. The first-order chi connectivity index (χ1) is 7.77. The highest BCUT2D eigenvalue weighted by atomic mass is 16.4. The van der Waals surface area contributed by atoms with Crippen LogP contribution in [0.1, 0.15) is 27.0 Å². The molecule has 2 aromatic rings. The summed E-state index contributed by atoms with van der Waals surface area (Å²) in [5.74, 6) is -0.0928. The van der Waals surface area contributed by atoms with Crippen molar-refractivity contribution in [2.75, 3.05) is 0 Å². The van der Waals surface area contributed by atoms with E-state index >= 15 is 0 Å². The molecule has 0 saturated heterocycles. The Balaban J connectivity index is 2.31. The summed E-state index contributed by atoms with van der Waals surface area (Å²) in [6.07, 6.45) is 1.74. The predicted octanol–water partition coefficient (Wildman–Crippen LogP) is 1.77. The van der Waals surface area contributed by atoms with Gasteiger partial charge in [0, 0.05) is 17.5 Å². The number of rotatable bonds is 0. The van der Waals surface area contributed by atoms with Gasteiger partial charge in [-0.15, -0.1) is 0 Å². The Morgan fingerprint density at radius 1 is 1.00 bits per heavy atom. The van der Waals surface area contributed by atoms with Crippen LogP contribution in [0.4, 0.5) is 0 Å². The third-order valence-corrected chi connectivity index (χ3v) is 2.86. The molecular weight excluding hydrogens is 204 g/mol. The second-order valence-electron chi connectivity index (χ2n) is 3.76.